The smallest absolute Gasteiger partial charge is 0.262 e. The molecule has 0 saturated heterocycles. The molecule has 28 heavy (non-hydrogen) atoms. The fourth-order valence-electron chi connectivity index (χ4n) is 2.70. The van der Waals surface area contributed by atoms with Gasteiger partial charge in [-0.3, -0.25) is 9.36 Å². The van der Waals surface area contributed by atoms with Crippen LogP contribution in [0.1, 0.15) is 22.3 Å². The summed E-state index contributed by atoms with van der Waals surface area (Å²) in [6.07, 6.45) is 2.17. The highest BCUT2D eigenvalue weighted by atomic mass is 16.5. The van der Waals surface area contributed by atoms with E-state index in [0.29, 0.717) is 42.0 Å². The molecule has 3 rings (SSSR count). The molecule has 0 saturated carbocycles. The zero-order chi connectivity index (χ0) is 19.9. The summed E-state index contributed by atoms with van der Waals surface area (Å²) in [6, 6.07) is 13.2. The van der Waals surface area contributed by atoms with Crippen LogP contribution in [0, 0.1) is 0 Å². The minimum atomic E-state index is -1.23. The van der Waals surface area contributed by atoms with Gasteiger partial charge in [-0.05, 0) is 29.7 Å². The number of ether oxygens (including phenoxy) is 1. The number of para-hydroxylation sites is 1. The van der Waals surface area contributed by atoms with Crippen molar-refractivity contribution < 1.29 is 14.6 Å². The van der Waals surface area contributed by atoms with Crippen molar-refractivity contribution in [1.82, 2.24) is 9.55 Å². The van der Waals surface area contributed by atoms with E-state index < -0.39 is 5.97 Å². The quantitative estimate of drug-likeness (QED) is 0.358. The largest absolute Gasteiger partial charge is 0.545 e. The Balaban J connectivity index is 1.86. The van der Waals surface area contributed by atoms with E-state index in [1.165, 1.54) is 22.9 Å². The molecule has 8 heteroatoms. The molecular weight excluding hydrogens is 360 g/mol. The van der Waals surface area contributed by atoms with Crippen molar-refractivity contribution in [3.63, 3.8) is 0 Å². The molecule has 1 aromatic heterocycles. The van der Waals surface area contributed by atoms with Crippen LogP contribution in [0.3, 0.4) is 0 Å². The highest BCUT2D eigenvalue weighted by Crippen LogP contribution is 2.12. The van der Waals surface area contributed by atoms with E-state index >= 15 is 0 Å². The number of benzene rings is 2. The van der Waals surface area contributed by atoms with Crippen LogP contribution >= 0.6 is 0 Å². The Kier molecular flexibility index (Phi) is 6.13. The molecule has 0 spiro atoms. The zero-order valence-electron chi connectivity index (χ0n) is 15.3. The number of carbonyl (C=O) groups excluding carboxylic acids is 1. The lowest BCUT2D eigenvalue weighted by molar-refractivity contribution is -0.255. The van der Waals surface area contributed by atoms with Gasteiger partial charge in [0.25, 0.3) is 5.56 Å². The van der Waals surface area contributed by atoms with Crippen molar-refractivity contribution in [2.24, 2.45) is 5.10 Å². The number of nitrogens with one attached hydrogen (secondary N) is 1. The molecule has 0 aliphatic carbocycles. The number of fused-ring (bicyclic) bond motifs is 1. The number of carboxylic acids is 1. The molecule has 0 atom stereocenters. The van der Waals surface area contributed by atoms with Crippen LogP contribution < -0.4 is 16.1 Å². The number of aromatic carboxylic acids is 1. The van der Waals surface area contributed by atoms with Crippen LogP contribution in [0.2, 0.25) is 0 Å². The molecule has 0 bridgehead atoms. The SMILES string of the molecule is COCCCn1c(N/N=C\c2ccc(C(=O)[O-])cc2)nc2ccccc2c1=O. The topological polar surface area (TPSA) is 109 Å². The molecule has 8 nitrogen and oxygen atoms in total. The first kappa shape index (κ1) is 19.2. The van der Waals surface area contributed by atoms with E-state index in [1.807, 2.05) is 6.07 Å². The second kappa shape index (κ2) is 8.92. The standard InChI is InChI=1S/C20H20N4O4/c1-28-12-4-11-24-18(25)16-5-2-3-6-17(16)22-20(24)23-21-13-14-7-9-15(10-8-14)19(26)27/h2-3,5-10,13H,4,11-12H2,1H3,(H,22,23)(H,26,27)/p-1/b21-13-. The summed E-state index contributed by atoms with van der Waals surface area (Å²) in [5.41, 5.74) is 4.01. The lowest BCUT2D eigenvalue weighted by atomic mass is 10.1. The van der Waals surface area contributed by atoms with Crippen molar-refractivity contribution in [2.45, 2.75) is 13.0 Å². The first-order chi connectivity index (χ1) is 13.6. The average molecular weight is 379 g/mol. The summed E-state index contributed by atoms with van der Waals surface area (Å²) < 4.78 is 6.59. The number of hydrogen-bond donors (Lipinski definition) is 1. The van der Waals surface area contributed by atoms with Gasteiger partial charge in [0.2, 0.25) is 5.95 Å². The normalized spacial score (nSPS) is 11.2. The van der Waals surface area contributed by atoms with Crippen LogP contribution in [-0.4, -0.2) is 35.5 Å². The van der Waals surface area contributed by atoms with E-state index in [2.05, 4.69) is 15.5 Å². The average Bonchev–Trinajstić information content (AvgIpc) is 2.70. The lowest BCUT2D eigenvalue weighted by Crippen LogP contribution is -2.25. The van der Waals surface area contributed by atoms with Crippen LogP contribution in [0.15, 0.2) is 58.4 Å². The molecule has 2 aromatic carbocycles. The van der Waals surface area contributed by atoms with Gasteiger partial charge < -0.3 is 14.6 Å². The molecule has 0 aliphatic rings. The summed E-state index contributed by atoms with van der Waals surface area (Å²) in [6.45, 7) is 0.954. The Morgan fingerprint density at radius 2 is 2.00 bits per heavy atom. The zero-order valence-corrected chi connectivity index (χ0v) is 15.3. The lowest BCUT2D eigenvalue weighted by Gasteiger charge is -2.12. The van der Waals surface area contributed by atoms with Crippen LogP contribution in [0.4, 0.5) is 5.95 Å². The number of anilines is 1. The Morgan fingerprint density at radius 3 is 2.71 bits per heavy atom. The fraction of sp³-hybridized carbons (Fsp3) is 0.200. The molecule has 3 aromatic rings. The van der Waals surface area contributed by atoms with Gasteiger partial charge in [-0.25, -0.2) is 10.4 Å². The number of rotatable bonds is 8. The van der Waals surface area contributed by atoms with Crippen LogP contribution in [0.5, 0.6) is 0 Å². The summed E-state index contributed by atoms with van der Waals surface area (Å²) in [7, 11) is 1.61. The van der Waals surface area contributed by atoms with Crippen molar-refractivity contribution in [1.29, 1.82) is 0 Å². The van der Waals surface area contributed by atoms with E-state index in [1.54, 1.807) is 37.4 Å². The molecule has 0 unspecified atom stereocenters. The Morgan fingerprint density at radius 1 is 1.25 bits per heavy atom. The third-order valence-corrected chi connectivity index (χ3v) is 4.12. The first-order valence-corrected chi connectivity index (χ1v) is 8.69. The highest BCUT2D eigenvalue weighted by Gasteiger charge is 2.10. The third kappa shape index (κ3) is 4.41. The minimum absolute atomic E-state index is 0.0910. The first-order valence-electron chi connectivity index (χ1n) is 8.69. The molecule has 144 valence electrons. The molecule has 1 heterocycles. The van der Waals surface area contributed by atoms with Crippen molar-refractivity contribution in [3.05, 3.63) is 70.0 Å². The minimum Gasteiger partial charge on any atom is -0.545 e. The number of carbonyl (C=O) groups is 1. The Labute approximate surface area is 161 Å². The molecule has 0 aliphatic heterocycles. The van der Waals surface area contributed by atoms with Gasteiger partial charge in [-0.2, -0.15) is 5.10 Å². The van der Waals surface area contributed by atoms with Gasteiger partial charge in [0, 0.05) is 20.3 Å². The maximum absolute atomic E-state index is 12.8. The van der Waals surface area contributed by atoms with E-state index in [-0.39, 0.29) is 11.1 Å². The van der Waals surface area contributed by atoms with Gasteiger partial charge in [0.05, 0.1) is 23.1 Å². The number of methoxy groups -OCH3 is 1. The van der Waals surface area contributed by atoms with E-state index in [9.17, 15) is 14.7 Å². The van der Waals surface area contributed by atoms with Crippen molar-refractivity contribution in [3.8, 4) is 0 Å². The number of hydrazone groups is 1. The Hall–Kier alpha value is -3.52. The highest BCUT2D eigenvalue weighted by molar-refractivity contribution is 5.88. The molecule has 0 radical (unpaired) electrons. The predicted molar refractivity (Wildman–Crippen MR) is 104 cm³/mol. The van der Waals surface area contributed by atoms with E-state index in [4.69, 9.17) is 4.74 Å². The molecular formula is C20H19N4O4-. The fourth-order valence-corrected chi connectivity index (χ4v) is 2.70. The number of carboxylic acid groups (broad SMARTS) is 1. The second-order valence-corrected chi connectivity index (χ2v) is 6.04. The predicted octanol–water partition coefficient (Wildman–Crippen LogP) is 1.24. The van der Waals surface area contributed by atoms with Gasteiger partial charge in [-0.1, -0.05) is 36.4 Å². The summed E-state index contributed by atoms with van der Waals surface area (Å²) in [4.78, 5) is 28.1. The van der Waals surface area contributed by atoms with E-state index in [0.717, 1.165) is 0 Å². The van der Waals surface area contributed by atoms with Crippen LogP contribution in [0.25, 0.3) is 10.9 Å². The number of nitrogens with zero attached hydrogens (tertiary/aromatic N) is 3. The Bertz CT molecular complexity index is 1060. The maximum atomic E-state index is 12.8. The van der Waals surface area contributed by atoms with Crippen LogP contribution in [-0.2, 0) is 11.3 Å². The molecule has 0 fully saturated rings. The van der Waals surface area contributed by atoms with Gasteiger partial charge in [0.1, 0.15) is 0 Å². The van der Waals surface area contributed by atoms with Gasteiger partial charge in [0.15, 0.2) is 0 Å². The van der Waals surface area contributed by atoms with Crippen molar-refractivity contribution >= 4 is 29.0 Å². The second-order valence-electron chi connectivity index (χ2n) is 6.04. The summed E-state index contributed by atoms with van der Waals surface area (Å²) >= 11 is 0. The summed E-state index contributed by atoms with van der Waals surface area (Å²) in [5.74, 6) is -0.913. The number of hydrogen-bond acceptors (Lipinski definition) is 7. The van der Waals surface area contributed by atoms with Gasteiger partial charge >= 0.3 is 0 Å². The monoisotopic (exact) mass is 379 g/mol. The number of aromatic nitrogens is 2. The summed E-state index contributed by atoms with van der Waals surface area (Å²) in [5, 5.41) is 15.5. The maximum Gasteiger partial charge on any atom is 0.262 e. The van der Waals surface area contributed by atoms with Crippen molar-refractivity contribution in [2.75, 3.05) is 19.1 Å². The third-order valence-electron chi connectivity index (χ3n) is 4.12. The van der Waals surface area contributed by atoms with Gasteiger partial charge in [-0.15, -0.1) is 0 Å². The molecule has 1 N–H and O–H groups in total. The molecule has 0 amide bonds.